The van der Waals surface area contributed by atoms with Crippen LogP contribution in [0.15, 0.2) is 30.3 Å². The Balaban J connectivity index is 0.000000470. The van der Waals surface area contributed by atoms with Crippen LogP contribution < -0.4 is 0 Å². The van der Waals surface area contributed by atoms with E-state index in [0.29, 0.717) is 38.1 Å². The molecule has 1 aromatic rings. The summed E-state index contributed by atoms with van der Waals surface area (Å²) >= 11 is 0. The summed E-state index contributed by atoms with van der Waals surface area (Å²) in [5, 5.41) is 0. The zero-order chi connectivity index (χ0) is 33.1. The number of hydrogen-bond donors (Lipinski definition) is 0. The van der Waals surface area contributed by atoms with Crippen molar-refractivity contribution in [3.05, 3.63) is 35.9 Å². The molecular formula is C33H54BN2O9-. The molecule has 2 aliphatic rings. The van der Waals surface area contributed by atoms with Gasteiger partial charge in [0, 0.05) is 31.7 Å². The summed E-state index contributed by atoms with van der Waals surface area (Å²) < 4.78 is 20.9. The summed E-state index contributed by atoms with van der Waals surface area (Å²) in [6.07, 6.45) is 1.01. The summed E-state index contributed by atoms with van der Waals surface area (Å²) in [4.78, 5) is 64.6. The number of amides is 2. The minimum atomic E-state index is -1.25. The van der Waals surface area contributed by atoms with Crippen molar-refractivity contribution in [1.82, 2.24) is 9.80 Å². The zero-order valence-electron chi connectivity index (χ0n) is 27.6. The molecule has 0 spiro atoms. The van der Waals surface area contributed by atoms with E-state index in [4.69, 9.17) is 18.9 Å². The highest BCUT2D eigenvalue weighted by Gasteiger charge is 2.50. The first-order valence-corrected chi connectivity index (χ1v) is 15.4. The van der Waals surface area contributed by atoms with Crippen molar-refractivity contribution >= 4 is 38.3 Å². The minimum absolute atomic E-state index is 0. The number of ketones is 1. The first-order chi connectivity index (χ1) is 20.5. The second kappa shape index (κ2) is 17.2. The minimum Gasteiger partial charge on any atom is -0.466 e. The van der Waals surface area contributed by atoms with Crippen molar-refractivity contribution in [2.75, 3.05) is 39.4 Å². The van der Waals surface area contributed by atoms with E-state index >= 15 is 0 Å². The molecule has 0 radical (unpaired) electrons. The van der Waals surface area contributed by atoms with E-state index in [1.54, 1.807) is 68.7 Å². The van der Waals surface area contributed by atoms with Crippen molar-refractivity contribution in [2.24, 2.45) is 11.3 Å². The Bertz CT molecular complexity index is 1130. The highest BCUT2D eigenvalue weighted by Crippen LogP contribution is 2.37. The molecule has 2 heterocycles. The van der Waals surface area contributed by atoms with Gasteiger partial charge in [-0.2, -0.15) is 0 Å². The number of ether oxygens (including phenoxy) is 4. The van der Waals surface area contributed by atoms with E-state index < -0.39 is 28.7 Å². The fourth-order valence-corrected chi connectivity index (χ4v) is 4.94. The van der Waals surface area contributed by atoms with Crippen molar-refractivity contribution in [1.29, 1.82) is 0 Å². The Labute approximate surface area is 269 Å². The standard InChI is InChI=1S/C20H27NO5.C13H23NO4.BH4/c1-5-25-17(23)20(16(22)15-9-7-6-8-10-15)11-13-21(14-12-20)18(24)26-19(2,3)4;1-5-17-11(15)10-6-8-14(9-7-10)12(16)18-13(2,3)4;/h6-10H,5,11-14H2,1-4H3;10H,5-9H2,1-4H3;1H4/q;;-1. The largest absolute Gasteiger partial charge is 0.466 e. The maximum atomic E-state index is 13.1. The average Bonchev–Trinajstić information content (AvgIpc) is 2.96. The summed E-state index contributed by atoms with van der Waals surface area (Å²) in [5.74, 6) is -0.997. The Morgan fingerprint density at radius 1 is 0.733 bits per heavy atom. The lowest BCUT2D eigenvalue weighted by molar-refractivity contribution is -0.154. The van der Waals surface area contributed by atoms with Gasteiger partial charge in [0.1, 0.15) is 16.6 Å². The summed E-state index contributed by atoms with van der Waals surface area (Å²) in [5.41, 5.74) is -1.84. The molecule has 254 valence electrons. The third-order valence-electron chi connectivity index (χ3n) is 7.17. The summed E-state index contributed by atoms with van der Waals surface area (Å²) in [7, 11) is 0. The topological polar surface area (TPSA) is 129 Å². The third-order valence-corrected chi connectivity index (χ3v) is 7.17. The van der Waals surface area contributed by atoms with Crippen LogP contribution in [0, 0.1) is 11.3 Å². The molecule has 2 saturated heterocycles. The van der Waals surface area contributed by atoms with Crippen LogP contribution in [0.2, 0.25) is 0 Å². The molecule has 0 aliphatic carbocycles. The Morgan fingerprint density at radius 3 is 1.60 bits per heavy atom. The fourth-order valence-electron chi connectivity index (χ4n) is 4.94. The Hall–Kier alpha value is -3.57. The number of hydrogen-bond acceptors (Lipinski definition) is 9. The molecule has 12 heteroatoms. The van der Waals surface area contributed by atoms with Crippen molar-refractivity contribution in [3.63, 3.8) is 0 Å². The molecule has 3 rings (SSSR count). The molecule has 0 unspecified atom stereocenters. The molecule has 0 N–H and O–H groups in total. The third kappa shape index (κ3) is 12.0. The predicted octanol–water partition coefficient (Wildman–Crippen LogP) is 4.19. The number of Topliss-reactive ketones (excluding diaryl/α,β-unsaturated/α-hetero) is 1. The predicted molar refractivity (Wildman–Crippen MR) is 175 cm³/mol. The van der Waals surface area contributed by atoms with Crippen LogP contribution in [0.25, 0.3) is 0 Å². The molecule has 2 amide bonds. The second-order valence-electron chi connectivity index (χ2n) is 13.0. The molecule has 1 aromatic carbocycles. The van der Waals surface area contributed by atoms with Crippen molar-refractivity contribution < 1.29 is 42.9 Å². The number of esters is 2. The first kappa shape index (κ1) is 39.5. The monoisotopic (exact) mass is 633 g/mol. The highest BCUT2D eigenvalue weighted by atomic mass is 16.6. The van der Waals surface area contributed by atoms with Gasteiger partial charge in [0.25, 0.3) is 0 Å². The van der Waals surface area contributed by atoms with Gasteiger partial charge in [0.05, 0.1) is 19.1 Å². The van der Waals surface area contributed by atoms with Gasteiger partial charge in [-0.05, 0) is 81.1 Å². The molecule has 11 nitrogen and oxygen atoms in total. The van der Waals surface area contributed by atoms with Gasteiger partial charge in [0.15, 0.2) is 5.78 Å². The second-order valence-corrected chi connectivity index (χ2v) is 13.0. The highest BCUT2D eigenvalue weighted by molar-refractivity contribution is 6.12. The van der Waals surface area contributed by atoms with Crippen LogP contribution in [0.1, 0.15) is 91.4 Å². The van der Waals surface area contributed by atoms with E-state index in [0.717, 1.165) is 0 Å². The van der Waals surface area contributed by atoms with Gasteiger partial charge >= 0.3 is 24.1 Å². The first-order valence-electron chi connectivity index (χ1n) is 15.4. The number of rotatable bonds is 6. The lowest BCUT2D eigenvalue weighted by atomic mass is 9.72. The maximum Gasteiger partial charge on any atom is 0.410 e. The molecule has 0 saturated carbocycles. The van der Waals surface area contributed by atoms with Crippen LogP contribution >= 0.6 is 0 Å². The normalized spacial score (nSPS) is 16.6. The summed E-state index contributed by atoms with van der Waals surface area (Å²) in [6.45, 7) is 16.7. The molecule has 2 fully saturated rings. The quantitative estimate of drug-likeness (QED) is 0.149. The van der Waals surface area contributed by atoms with E-state index in [2.05, 4.69) is 0 Å². The lowest BCUT2D eigenvalue weighted by Gasteiger charge is -2.39. The number of carbonyl (C=O) groups excluding carboxylic acids is 5. The number of benzene rings is 1. The molecule has 0 atom stereocenters. The SMILES string of the molecule is CCOC(=O)C1(C(=O)c2ccccc2)CCN(C(=O)OC(C)(C)C)CC1.CCOC(=O)C1CCN(C(=O)OC(C)(C)C)CC1.[BH4-]. The summed E-state index contributed by atoms with van der Waals surface area (Å²) in [6, 6.07) is 8.75. The Morgan fingerprint density at radius 2 is 1.18 bits per heavy atom. The van der Waals surface area contributed by atoms with Crippen LogP contribution in [0.4, 0.5) is 9.59 Å². The number of carbonyl (C=O) groups is 5. The van der Waals surface area contributed by atoms with E-state index in [-0.39, 0.29) is 64.7 Å². The zero-order valence-corrected chi connectivity index (χ0v) is 27.6. The van der Waals surface area contributed by atoms with Crippen molar-refractivity contribution in [2.45, 2.75) is 92.3 Å². The maximum absolute atomic E-state index is 13.1. The molecule has 0 bridgehead atoms. The smallest absolute Gasteiger partial charge is 0.410 e. The Kier molecular flexibility index (Phi) is 15.1. The van der Waals surface area contributed by atoms with E-state index in [9.17, 15) is 24.0 Å². The van der Waals surface area contributed by atoms with Crippen LogP contribution in [-0.2, 0) is 28.5 Å². The molecule has 45 heavy (non-hydrogen) atoms. The number of likely N-dealkylation sites (tertiary alicyclic amines) is 2. The van der Waals surface area contributed by atoms with Gasteiger partial charge in [-0.3, -0.25) is 14.4 Å². The molecular weight excluding hydrogens is 579 g/mol. The molecule has 2 aliphatic heterocycles. The average molecular weight is 634 g/mol. The number of piperidine rings is 2. The van der Waals surface area contributed by atoms with E-state index in [1.807, 2.05) is 26.8 Å². The number of nitrogens with zero attached hydrogens (tertiary/aromatic N) is 2. The van der Waals surface area contributed by atoms with Crippen LogP contribution in [0.3, 0.4) is 0 Å². The van der Waals surface area contributed by atoms with Crippen LogP contribution in [-0.4, -0.2) is 98.7 Å². The van der Waals surface area contributed by atoms with Gasteiger partial charge in [0.2, 0.25) is 0 Å². The fraction of sp³-hybridized carbons (Fsp3) is 0.667. The van der Waals surface area contributed by atoms with Crippen molar-refractivity contribution in [3.8, 4) is 0 Å². The van der Waals surface area contributed by atoms with Gasteiger partial charge in [-0.1, -0.05) is 38.7 Å². The van der Waals surface area contributed by atoms with E-state index in [1.165, 1.54) is 0 Å². The lowest BCUT2D eigenvalue weighted by Crippen LogP contribution is -2.51. The van der Waals surface area contributed by atoms with Gasteiger partial charge in [-0.25, -0.2) is 9.59 Å². The van der Waals surface area contributed by atoms with Gasteiger partial charge < -0.3 is 28.7 Å². The van der Waals surface area contributed by atoms with Crippen LogP contribution in [0.5, 0.6) is 0 Å². The molecule has 0 aromatic heterocycles. The van der Waals surface area contributed by atoms with Gasteiger partial charge in [-0.15, -0.1) is 0 Å².